The number of aliphatic hydroxyl groups is 2. The van der Waals surface area contributed by atoms with Crippen molar-refractivity contribution in [1.82, 2.24) is 0 Å². The lowest BCUT2D eigenvalue weighted by atomic mass is 10.0. The van der Waals surface area contributed by atoms with E-state index in [1.165, 1.54) is 18.6 Å². The van der Waals surface area contributed by atoms with Gasteiger partial charge in [-0.2, -0.15) is 0 Å². The first kappa shape index (κ1) is 15.6. The van der Waals surface area contributed by atoms with E-state index >= 15 is 0 Å². The van der Waals surface area contributed by atoms with Crippen molar-refractivity contribution in [1.29, 1.82) is 0 Å². The Hall–Kier alpha value is -1.44. The van der Waals surface area contributed by atoms with Crippen LogP contribution in [0.3, 0.4) is 0 Å². The first-order chi connectivity index (χ1) is 8.99. The molecule has 0 aliphatic rings. The molecule has 1 heterocycles. The zero-order valence-electron chi connectivity index (χ0n) is 10.7. The van der Waals surface area contributed by atoms with E-state index in [-0.39, 0.29) is 13.0 Å². The normalized spacial score (nSPS) is 13.7. The van der Waals surface area contributed by atoms with Crippen LogP contribution < -0.4 is 0 Å². The van der Waals surface area contributed by atoms with Gasteiger partial charge in [0.1, 0.15) is 11.0 Å². The number of esters is 2. The van der Waals surface area contributed by atoms with Crippen LogP contribution in [0.2, 0.25) is 0 Å². The third-order valence-electron chi connectivity index (χ3n) is 2.39. The molecule has 6 nitrogen and oxygen atoms in total. The van der Waals surface area contributed by atoms with E-state index in [2.05, 4.69) is 9.47 Å². The van der Waals surface area contributed by atoms with Crippen molar-refractivity contribution in [2.45, 2.75) is 25.6 Å². The molecule has 2 atom stereocenters. The van der Waals surface area contributed by atoms with Crippen LogP contribution in [0.15, 0.2) is 11.4 Å². The highest BCUT2D eigenvalue weighted by Crippen LogP contribution is 2.25. The van der Waals surface area contributed by atoms with E-state index < -0.39 is 24.1 Å². The maximum atomic E-state index is 11.3. The van der Waals surface area contributed by atoms with Gasteiger partial charge in [-0.25, -0.2) is 4.79 Å². The zero-order valence-corrected chi connectivity index (χ0v) is 11.5. The molecule has 2 N–H and O–H groups in total. The van der Waals surface area contributed by atoms with Crippen molar-refractivity contribution < 1.29 is 29.3 Å². The Morgan fingerprint density at radius 3 is 2.68 bits per heavy atom. The average molecular weight is 288 g/mol. The monoisotopic (exact) mass is 288 g/mol. The standard InChI is InChI=1S/C12H16O6S/c1-3-18-10(14)5-8(13)11(15)7-4-9(19-6-7)12(16)17-2/h4,6,8,11,13,15H,3,5H2,1-2H3. The molecule has 0 spiro atoms. The van der Waals surface area contributed by atoms with Gasteiger partial charge in [-0.1, -0.05) is 0 Å². The number of carbonyl (C=O) groups is 2. The molecular weight excluding hydrogens is 272 g/mol. The Kier molecular flexibility index (Phi) is 5.94. The summed E-state index contributed by atoms with van der Waals surface area (Å²) >= 11 is 1.10. The second-order valence-electron chi connectivity index (χ2n) is 3.76. The Morgan fingerprint density at radius 1 is 1.42 bits per heavy atom. The average Bonchev–Trinajstić information content (AvgIpc) is 2.86. The van der Waals surface area contributed by atoms with Crippen LogP contribution in [0, 0.1) is 0 Å². The molecule has 0 fully saturated rings. The fraction of sp³-hybridized carbons (Fsp3) is 0.500. The smallest absolute Gasteiger partial charge is 0.348 e. The van der Waals surface area contributed by atoms with Gasteiger partial charge in [0.05, 0.1) is 26.2 Å². The summed E-state index contributed by atoms with van der Waals surface area (Å²) in [5.74, 6) is -1.10. The van der Waals surface area contributed by atoms with Gasteiger partial charge < -0.3 is 19.7 Å². The van der Waals surface area contributed by atoms with Crippen LogP contribution in [0.5, 0.6) is 0 Å². The van der Waals surface area contributed by atoms with Crippen molar-refractivity contribution in [3.63, 3.8) is 0 Å². The highest BCUT2D eigenvalue weighted by atomic mass is 32.1. The molecule has 0 amide bonds. The third-order valence-corrected chi connectivity index (χ3v) is 3.32. The quantitative estimate of drug-likeness (QED) is 0.755. The van der Waals surface area contributed by atoms with Gasteiger partial charge >= 0.3 is 11.9 Å². The molecule has 19 heavy (non-hydrogen) atoms. The van der Waals surface area contributed by atoms with Gasteiger partial charge in [-0.15, -0.1) is 11.3 Å². The molecule has 106 valence electrons. The molecule has 1 rings (SSSR count). The third kappa shape index (κ3) is 4.30. The largest absolute Gasteiger partial charge is 0.466 e. The van der Waals surface area contributed by atoms with Crippen molar-refractivity contribution in [3.8, 4) is 0 Å². The molecule has 0 saturated heterocycles. The van der Waals surface area contributed by atoms with Crippen LogP contribution in [0.25, 0.3) is 0 Å². The summed E-state index contributed by atoms with van der Waals surface area (Å²) in [5.41, 5.74) is 0.363. The number of carbonyl (C=O) groups excluding carboxylic acids is 2. The van der Waals surface area contributed by atoms with Crippen molar-refractivity contribution in [3.05, 3.63) is 21.9 Å². The summed E-state index contributed by atoms with van der Waals surface area (Å²) in [6.07, 6.45) is -2.84. The summed E-state index contributed by atoms with van der Waals surface area (Å²) in [4.78, 5) is 22.8. The second kappa shape index (κ2) is 7.22. The first-order valence-corrected chi connectivity index (χ1v) is 6.56. The lowest BCUT2D eigenvalue weighted by Gasteiger charge is -2.15. The summed E-state index contributed by atoms with van der Waals surface area (Å²) in [6, 6.07) is 1.43. The van der Waals surface area contributed by atoms with Crippen molar-refractivity contribution in [2.24, 2.45) is 0 Å². The molecule has 0 radical (unpaired) electrons. The molecule has 2 unspecified atom stereocenters. The van der Waals surface area contributed by atoms with Crippen LogP contribution in [0.1, 0.15) is 34.7 Å². The zero-order chi connectivity index (χ0) is 14.4. The lowest BCUT2D eigenvalue weighted by molar-refractivity contribution is -0.147. The number of thiophene rings is 1. The maximum absolute atomic E-state index is 11.3. The molecule has 1 aromatic heterocycles. The van der Waals surface area contributed by atoms with Gasteiger partial charge in [0.15, 0.2) is 0 Å². The van der Waals surface area contributed by atoms with Crippen molar-refractivity contribution in [2.75, 3.05) is 13.7 Å². The summed E-state index contributed by atoms with van der Waals surface area (Å²) in [6.45, 7) is 1.87. The summed E-state index contributed by atoms with van der Waals surface area (Å²) in [7, 11) is 1.26. The number of aliphatic hydroxyl groups excluding tert-OH is 2. The van der Waals surface area contributed by atoms with E-state index in [0.717, 1.165) is 11.3 Å². The Labute approximate surface area is 114 Å². The van der Waals surface area contributed by atoms with E-state index in [1.807, 2.05) is 0 Å². The highest BCUT2D eigenvalue weighted by molar-refractivity contribution is 7.12. The van der Waals surface area contributed by atoms with E-state index in [0.29, 0.717) is 10.4 Å². The van der Waals surface area contributed by atoms with Crippen LogP contribution >= 0.6 is 11.3 Å². The number of hydrogen-bond acceptors (Lipinski definition) is 7. The fourth-order valence-corrected chi connectivity index (χ4v) is 2.29. The fourth-order valence-electron chi connectivity index (χ4n) is 1.44. The predicted octanol–water partition coefficient (Wildman–Crippen LogP) is 0.882. The predicted molar refractivity (Wildman–Crippen MR) is 67.9 cm³/mol. The molecule has 1 aromatic rings. The van der Waals surface area contributed by atoms with Gasteiger partial charge in [-0.3, -0.25) is 4.79 Å². The minimum absolute atomic E-state index is 0.215. The van der Waals surface area contributed by atoms with E-state index in [9.17, 15) is 19.8 Å². The maximum Gasteiger partial charge on any atom is 0.348 e. The Bertz CT molecular complexity index is 441. The van der Waals surface area contributed by atoms with Crippen LogP contribution in [-0.4, -0.2) is 42.0 Å². The lowest BCUT2D eigenvalue weighted by Crippen LogP contribution is -2.22. The van der Waals surface area contributed by atoms with E-state index in [4.69, 9.17) is 0 Å². The van der Waals surface area contributed by atoms with Gasteiger partial charge in [0.2, 0.25) is 0 Å². The molecule has 0 aliphatic carbocycles. The van der Waals surface area contributed by atoms with Crippen LogP contribution in [0.4, 0.5) is 0 Å². The SMILES string of the molecule is CCOC(=O)CC(O)C(O)c1csc(C(=O)OC)c1. The van der Waals surface area contributed by atoms with Gasteiger partial charge in [-0.05, 0) is 23.9 Å². The van der Waals surface area contributed by atoms with Crippen molar-refractivity contribution >= 4 is 23.3 Å². The topological polar surface area (TPSA) is 93.1 Å². The van der Waals surface area contributed by atoms with Gasteiger partial charge in [0, 0.05) is 0 Å². The molecule has 0 saturated carbocycles. The second-order valence-corrected chi connectivity index (χ2v) is 4.67. The number of methoxy groups -OCH3 is 1. The first-order valence-electron chi connectivity index (χ1n) is 5.68. The Morgan fingerprint density at radius 2 is 2.11 bits per heavy atom. The number of rotatable bonds is 6. The van der Waals surface area contributed by atoms with Gasteiger partial charge in [0.25, 0.3) is 0 Å². The number of hydrogen-bond donors (Lipinski definition) is 2. The minimum Gasteiger partial charge on any atom is -0.466 e. The Balaban J connectivity index is 2.66. The summed E-state index contributed by atoms with van der Waals surface area (Å²) in [5, 5.41) is 21.1. The van der Waals surface area contributed by atoms with E-state index in [1.54, 1.807) is 6.92 Å². The number of ether oxygens (including phenoxy) is 2. The molecular formula is C12H16O6S. The molecule has 0 aliphatic heterocycles. The van der Waals surface area contributed by atoms with Crippen LogP contribution in [-0.2, 0) is 14.3 Å². The molecule has 7 heteroatoms. The highest BCUT2D eigenvalue weighted by Gasteiger charge is 2.24. The molecule has 0 aromatic carbocycles. The minimum atomic E-state index is -1.28. The molecule has 0 bridgehead atoms. The summed E-state index contributed by atoms with van der Waals surface area (Å²) < 4.78 is 9.22.